The number of carboxylic acid groups (broad SMARTS) is 1. The molecule has 0 aromatic heterocycles. The SMILES string of the molecule is CCOC1CC(NC(=O)C2CCCC(C(=O)O)C2)C1OC. The van der Waals surface area contributed by atoms with Crippen molar-refractivity contribution in [3.63, 3.8) is 0 Å². The lowest BCUT2D eigenvalue weighted by molar-refractivity contribution is -0.148. The smallest absolute Gasteiger partial charge is 0.306 e. The van der Waals surface area contributed by atoms with E-state index in [2.05, 4.69) is 5.32 Å². The first-order chi connectivity index (χ1) is 10.1. The molecule has 0 aliphatic heterocycles. The number of rotatable bonds is 6. The molecule has 2 N–H and O–H groups in total. The molecule has 2 fully saturated rings. The van der Waals surface area contributed by atoms with Gasteiger partial charge in [0.25, 0.3) is 0 Å². The van der Waals surface area contributed by atoms with Crippen LogP contribution in [0.25, 0.3) is 0 Å². The Bertz CT molecular complexity index is 386. The van der Waals surface area contributed by atoms with E-state index in [1.165, 1.54) is 0 Å². The van der Waals surface area contributed by atoms with E-state index in [-0.39, 0.29) is 36.0 Å². The maximum absolute atomic E-state index is 12.3. The van der Waals surface area contributed by atoms with Gasteiger partial charge in [0.05, 0.1) is 18.1 Å². The summed E-state index contributed by atoms with van der Waals surface area (Å²) in [6, 6.07) is -0.0238. The summed E-state index contributed by atoms with van der Waals surface area (Å²) in [6.07, 6.45) is 3.39. The number of methoxy groups -OCH3 is 1. The Hall–Kier alpha value is -1.14. The van der Waals surface area contributed by atoms with Crippen LogP contribution in [-0.2, 0) is 19.1 Å². The van der Waals surface area contributed by atoms with Crippen molar-refractivity contribution in [3.8, 4) is 0 Å². The van der Waals surface area contributed by atoms with E-state index in [1.54, 1.807) is 7.11 Å². The summed E-state index contributed by atoms with van der Waals surface area (Å²) in [5, 5.41) is 12.1. The zero-order chi connectivity index (χ0) is 15.4. The molecule has 2 saturated carbocycles. The van der Waals surface area contributed by atoms with Crippen LogP contribution < -0.4 is 5.32 Å². The van der Waals surface area contributed by atoms with Crippen LogP contribution in [-0.4, -0.2) is 48.9 Å². The minimum atomic E-state index is -0.790. The second-order valence-corrected chi connectivity index (χ2v) is 5.94. The Morgan fingerprint density at radius 1 is 1.24 bits per heavy atom. The van der Waals surface area contributed by atoms with E-state index in [0.29, 0.717) is 19.4 Å². The molecular formula is C15H25NO5. The van der Waals surface area contributed by atoms with Crippen molar-refractivity contribution >= 4 is 11.9 Å². The van der Waals surface area contributed by atoms with Crippen LogP contribution in [0, 0.1) is 11.8 Å². The van der Waals surface area contributed by atoms with E-state index in [1.807, 2.05) is 6.92 Å². The molecule has 0 radical (unpaired) electrons. The molecule has 0 saturated heterocycles. The summed E-state index contributed by atoms with van der Waals surface area (Å²) in [4.78, 5) is 23.4. The lowest BCUT2D eigenvalue weighted by Crippen LogP contribution is -2.61. The molecule has 0 spiro atoms. The first-order valence-corrected chi connectivity index (χ1v) is 7.74. The van der Waals surface area contributed by atoms with Gasteiger partial charge in [-0.3, -0.25) is 9.59 Å². The van der Waals surface area contributed by atoms with E-state index < -0.39 is 5.97 Å². The van der Waals surface area contributed by atoms with Crippen molar-refractivity contribution < 1.29 is 24.2 Å². The van der Waals surface area contributed by atoms with Crippen LogP contribution in [0.3, 0.4) is 0 Å². The summed E-state index contributed by atoms with van der Waals surface area (Å²) in [5.74, 6) is -1.40. The fraction of sp³-hybridized carbons (Fsp3) is 0.867. The fourth-order valence-electron chi connectivity index (χ4n) is 3.37. The normalized spacial score (nSPS) is 35.8. The largest absolute Gasteiger partial charge is 0.481 e. The van der Waals surface area contributed by atoms with Crippen molar-refractivity contribution in [2.75, 3.05) is 13.7 Å². The first-order valence-electron chi connectivity index (χ1n) is 7.74. The molecule has 21 heavy (non-hydrogen) atoms. The van der Waals surface area contributed by atoms with Gasteiger partial charge in [0.1, 0.15) is 6.10 Å². The third-order valence-electron chi connectivity index (χ3n) is 4.62. The maximum Gasteiger partial charge on any atom is 0.306 e. The number of hydrogen-bond acceptors (Lipinski definition) is 4. The topological polar surface area (TPSA) is 84.9 Å². The highest BCUT2D eigenvalue weighted by Gasteiger charge is 2.44. The highest BCUT2D eigenvalue weighted by molar-refractivity contribution is 5.80. The molecule has 120 valence electrons. The molecule has 0 aromatic carbocycles. The van der Waals surface area contributed by atoms with Crippen LogP contribution >= 0.6 is 0 Å². The van der Waals surface area contributed by atoms with Crippen molar-refractivity contribution in [2.24, 2.45) is 11.8 Å². The second kappa shape index (κ2) is 7.22. The third kappa shape index (κ3) is 3.74. The fourth-order valence-corrected chi connectivity index (χ4v) is 3.37. The van der Waals surface area contributed by atoms with Crippen LogP contribution in [0.15, 0.2) is 0 Å². The van der Waals surface area contributed by atoms with Gasteiger partial charge < -0.3 is 19.9 Å². The van der Waals surface area contributed by atoms with Crippen molar-refractivity contribution in [2.45, 2.75) is 57.3 Å². The second-order valence-electron chi connectivity index (χ2n) is 5.94. The van der Waals surface area contributed by atoms with E-state index >= 15 is 0 Å². The van der Waals surface area contributed by atoms with Crippen LogP contribution in [0.2, 0.25) is 0 Å². The Morgan fingerprint density at radius 2 is 1.95 bits per heavy atom. The Balaban J connectivity index is 1.83. The average Bonchev–Trinajstić information content (AvgIpc) is 2.46. The van der Waals surface area contributed by atoms with Gasteiger partial charge in [-0.2, -0.15) is 0 Å². The summed E-state index contributed by atoms with van der Waals surface area (Å²) < 4.78 is 10.9. The van der Waals surface area contributed by atoms with Gasteiger partial charge in [-0.1, -0.05) is 6.42 Å². The Labute approximate surface area is 125 Å². The predicted molar refractivity (Wildman–Crippen MR) is 75.8 cm³/mol. The van der Waals surface area contributed by atoms with Gasteiger partial charge >= 0.3 is 5.97 Å². The molecule has 2 aliphatic rings. The number of ether oxygens (including phenoxy) is 2. The maximum atomic E-state index is 12.3. The van der Waals surface area contributed by atoms with Gasteiger partial charge in [0.15, 0.2) is 0 Å². The highest BCUT2D eigenvalue weighted by Crippen LogP contribution is 2.31. The number of carboxylic acids is 1. The molecule has 0 bridgehead atoms. The van der Waals surface area contributed by atoms with E-state index in [0.717, 1.165) is 19.3 Å². The third-order valence-corrected chi connectivity index (χ3v) is 4.62. The standard InChI is InChI=1S/C15H25NO5/c1-3-21-12-8-11(13(12)20-2)16-14(17)9-5-4-6-10(7-9)15(18)19/h9-13H,3-8H2,1-2H3,(H,16,17)(H,18,19). The summed E-state index contributed by atoms with van der Waals surface area (Å²) >= 11 is 0. The zero-order valence-electron chi connectivity index (χ0n) is 12.7. The van der Waals surface area contributed by atoms with Crippen LogP contribution in [0.1, 0.15) is 39.0 Å². The first kappa shape index (κ1) is 16.2. The average molecular weight is 299 g/mol. The van der Waals surface area contributed by atoms with Gasteiger partial charge in [-0.05, 0) is 32.6 Å². The van der Waals surface area contributed by atoms with Gasteiger partial charge in [0.2, 0.25) is 5.91 Å². The summed E-state index contributed by atoms with van der Waals surface area (Å²) in [5.41, 5.74) is 0. The molecule has 0 heterocycles. The number of carbonyl (C=O) groups is 2. The molecular weight excluding hydrogens is 274 g/mol. The molecule has 6 nitrogen and oxygen atoms in total. The van der Waals surface area contributed by atoms with Crippen molar-refractivity contribution in [1.82, 2.24) is 5.32 Å². The molecule has 1 amide bonds. The highest BCUT2D eigenvalue weighted by atomic mass is 16.5. The number of carbonyl (C=O) groups excluding carboxylic acids is 1. The number of hydrogen-bond donors (Lipinski definition) is 2. The van der Waals surface area contributed by atoms with E-state index in [4.69, 9.17) is 14.6 Å². The quantitative estimate of drug-likeness (QED) is 0.769. The Morgan fingerprint density at radius 3 is 2.57 bits per heavy atom. The lowest BCUT2D eigenvalue weighted by Gasteiger charge is -2.44. The van der Waals surface area contributed by atoms with Crippen molar-refractivity contribution in [1.29, 1.82) is 0 Å². The van der Waals surface area contributed by atoms with E-state index in [9.17, 15) is 9.59 Å². The summed E-state index contributed by atoms with van der Waals surface area (Å²) in [7, 11) is 1.62. The Kier molecular flexibility index (Phi) is 5.58. The molecule has 2 aliphatic carbocycles. The lowest BCUT2D eigenvalue weighted by atomic mass is 9.79. The molecule has 5 unspecified atom stereocenters. The minimum absolute atomic E-state index is 0.0238. The molecule has 6 heteroatoms. The van der Waals surface area contributed by atoms with Gasteiger partial charge in [-0.15, -0.1) is 0 Å². The van der Waals surface area contributed by atoms with Crippen LogP contribution in [0.5, 0.6) is 0 Å². The van der Waals surface area contributed by atoms with Crippen molar-refractivity contribution in [3.05, 3.63) is 0 Å². The van der Waals surface area contributed by atoms with Gasteiger partial charge in [0, 0.05) is 19.6 Å². The molecule has 5 atom stereocenters. The van der Waals surface area contributed by atoms with Gasteiger partial charge in [-0.25, -0.2) is 0 Å². The number of aliphatic carboxylic acids is 1. The molecule has 0 aromatic rings. The molecule has 2 rings (SSSR count). The summed E-state index contributed by atoms with van der Waals surface area (Å²) in [6.45, 7) is 2.57. The number of amides is 1. The number of nitrogens with one attached hydrogen (secondary N) is 1. The monoisotopic (exact) mass is 299 g/mol. The van der Waals surface area contributed by atoms with Crippen LogP contribution in [0.4, 0.5) is 0 Å². The predicted octanol–water partition coefficient (Wildman–Crippen LogP) is 1.19. The minimum Gasteiger partial charge on any atom is -0.481 e. The zero-order valence-corrected chi connectivity index (χ0v) is 12.7.